The van der Waals surface area contributed by atoms with Gasteiger partial charge in [0.1, 0.15) is 6.10 Å². The van der Waals surface area contributed by atoms with Gasteiger partial charge in [-0.05, 0) is 24.6 Å². The lowest BCUT2D eigenvalue weighted by atomic mass is 9.95. The second-order valence-electron chi connectivity index (χ2n) is 5.28. The molecular weight excluding hydrogens is 264 g/mol. The number of carbonyl (C=O) groups is 1. The van der Waals surface area contributed by atoms with E-state index in [0.29, 0.717) is 5.71 Å². The van der Waals surface area contributed by atoms with Crippen molar-refractivity contribution in [3.05, 3.63) is 66.2 Å². The highest BCUT2D eigenvalue weighted by atomic mass is 16.6. The Morgan fingerprint density at radius 2 is 1.67 bits per heavy atom. The summed E-state index contributed by atoms with van der Waals surface area (Å²) in [7, 11) is 0. The molecule has 1 spiro atoms. The van der Waals surface area contributed by atoms with Crippen LogP contribution in [0.3, 0.4) is 0 Å². The Morgan fingerprint density at radius 1 is 1.05 bits per heavy atom. The van der Waals surface area contributed by atoms with E-state index in [4.69, 9.17) is 4.74 Å². The number of epoxide rings is 1. The van der Waals surface area contributed by atoms with Gasteiger partial charge in [0.05, 0.1) is 11.4 Å². The number of rotatable bonds is 2. The monoisotopic (exact) mass is 278 g/mol. The molecule has 2 aliphatic heterocycles. The molecule has 0 saturated carbocycles. The van der Waals surface area contributed by atoms with Gasteiger partial charge in [0.25, 0.3) is 5.91 Å². The largest absolute Gasteiger partial charge is 0.344 e. The summed E-state index contributed by atoms with van der Waals surface area (Å²) < 4.78 is 5.81. The average Bonchev–Trinajstić information content (AvgIpc) is 3.25. The molecule has 2 aromatic carbocycles. The van der Waals surface area contributed by atoms with Crippen molar-refractivity contribution < 1.29 is 9.53 Å². The molecule has 4 rings (SSSR count). The molecule has 1 amide bonds. The van der Waals surface area contributed by atoms with E-state index in [1.54, 1.807) is 0 Å². The van der Waals surface area contributed by atoms with Crippen LogP contribution < -0.4 is 5.01 Å². The van der Waals surface area contributed by atoms with E-state index in [-0.39, 0.29) is 12.0 Å². The first-order valence-corrected chi connectivity index (χ1v) is 6.91. The fourth-order valence-electron chi connectivity index (χ4n) is 2.85. The topological polar surface area (TPSA) is 45.2 Å². The first-order valence-electron chi connectivity index (χ1n) is 6.91. The molecule has 2 aromatic rings. The second-order valence-corrected chi connectivity index (χ2v) is 5.28. The number of benzene rings is 2. The smallest absolute Gasteiger partial charge is 0.288 e. The van der Waals surface area contributed by atoms with Gasteiger partial charge in [0.2, 0.25) is 5.60 Å². The fourth-order valence-corrected chi connectivity index (χ4v) is 2.85. The van der Waals surface area contributed by atoms with E-state index in [1.165, 1.54) is 5.01 Å². The standard InChI is InChI=1S/C17H14N2O2/c1-12-17(15(21-17)13-8-4-2-5-9-13)16(20)19(18-12)14-10-6-3-7-11-14/h2-11,15H,1H3/t15-,17-/m0/s1. The van der Waals surface area contributed by atoms with Gasteiger partial charge >= 0.3 is 0 Å². The van der Waals surface area contributed by atoms with Gasteiger partial charge < -0.3 is 4.74 Å². The number of carbonyl (C=O) groups excluding carboxylic acids is 1. The van der Waals surface area contributed by atoms with Gasteiger partial charge in [-0.2, -0.15) is 10.1 Å². The van der Waals surface area contributed by atoms with Crippen molar-refractivity contribution >= 4 is 17.3 Å². The number of amides is 1. The summed E-state index contributed by atoms with van der Waals surface area (Å²) in [5, 5.41) is 5.85. The first kappa shape index (κ1) is 12.3. The maximum absolute atomic E-state index is 12.8. The Hall–Kier alpha value is -2.46. The predicted octanol–water partition coefficient (Wildman–Crippen LogP) is 2.92. The van der Waals surface area contributed by atoms with E-state index in [2.05, 4.69) is 5.10 Å². The van der Waals surface area contributed by atoms with Gasteiger partial charge in [-0.3, -0.25) is 4.79 Å². The van der Waals surface area contributed by atoms with E-state index >= 15 is 0 Å². The normalized spacial score (nSPS) is 27.1. The molecule has 0 radical (unpaired) electrons. The average molecular weight is 278 g/mol. The Bertz CT molecular complexity index is 727. The zero-order valence-electron chi connectivity index (χ0n) is 11.6. The highest BCUT2D eigenvalue weighted by Gasteiger charge is 2.69. The summed E-state index contributed by atoms with van der Waals surface area (Å²) in [6, 6.07) is 19.2. The number of anilines is 1. The minimum Gasteiger partial charge on any atom is -0.344 e. The third-order valence-electron chi connectivity index (χ3n) is 4.02. The van der Waals surface area contributed by atoms with Crippen LogP contribution in [0.25, 0.3) is 0 Å². The van der Waals surface area contributed by atoms with Crippen molar-refractivity contribution in [2.75, 3.05) is 5.01 Å². The number of hydrazone groups is 1. The molecule has 0 unspecified atom stereocenters. The van der Waals surface area contributed by atoms with E-state index in [1.807, 2.05) is 67.6 Å². The fraction of sp³-hybridized carbons (Fsp3) is 0.176. The Balaban J connectivity index is 1.68. The van der Waals surface area contributed by atoms with Crippen molar-refractivity contribution in [2.24, 2.45) is 5.10 Å². The number of ether oxygens (including phenoxy) is 1. The summed E-state index contributed by atoms with van der Waals surface area (Å²) in [6.45, 7) is 1.85. The van der Waals surface area contributed by atoms with E-state index in [0.717, 1.165) is 11.3 Å². The molecule has 2 heterocycles. The molecule has 1 fully saturated rings. The molecule has 4 heteroatoms. The Morgan fingerprint density at radius 3 is 2.33 bits per heavy atom. The molecule has 1 saturated heterocycles. The third-order valence-corrected chi connectivity index (χ3v) is 4.02. The van der Waals surface area contributed by atoms with Crippen molar-refractivity contribution in [1.29, 1.82) is 0 Å². The van der Waals surface area contributed by atoms with Crippen LogP contribution in [0, 0.1) is 0 Å². The molecule has 4 nitrogen and oxygen atoms in total. The zero-order valence-corrected chi connectivity index (χ0v) is 11.6. The lowest BCUT2D eigenvalue weighted by Gasteiger charge is -2.12. The van der Waals surface area contributed by atoms with Gasteiger partial charge in [-0.15, -0.1) is 0 Å². The summed E-state index contributed by atoms with van der Waals surface area (Å²) in [5.74, 6) is -0.111. The SMILES string of the molecule is CC1=NN(c2ccccc2)C(=O)[C@]12O[C@H]2c1ccccc1. The van der Waals surface area contributed by atoms with Gasteiger partial charge in [-0.25, -0.2) is 0 Å². The Labute approximate surface area is 122 Å². The summed E-state index contributed by atoms with van der Waals surface area (Å²) in [6.07, 6.45) is -0.233. The minimum absolute atomic E-state index is 0.111. The van der Waals surface area contributed by atoms with Crippen LogP contribution in [0.4, 0.5) is 5.69 Å². The highest BCUT2D eigenvalue weighted by Crippen LogP contribution is 2.54. The molecule has 0 N–H and O–H groups in total. The molecule has 2 atom stereocenters. The Kier molecular flexibility index (Phi) is 2.50. The molecule has 21 heavy (non-hydrogen) atoms. The van der Waals surface area contributed by atoms with Crippen LogP contribution in [0.1, 0.15) is 18.6 Å². The van der Waals surface area contributed by atoms with Crippen LogP contribution in [0.15, 0.2) is 65.8 Å². The summed E-state index contributed by atoms with van der Waals surface area (Å²) in [5.41, 5.74) is 1.58. The number of para-hydroxylation sites is 1. The van der Waals surface area contributed by atoms with Gasteiger partial charge in [-0.1, -0.05) is 48.5 Å². The van der Waals surface area contributed by atoms with Crippen LogP contribution >= 0.6 is 0 Å². The molecular formula is C17H14N2O2. The van der Waals surface area contributed by atoms with Crippen LogP contribution in [0.5, 0.6) is 0 Å². The van der Waals surface area contributed by atoms with Gasteiger partial charge in [0, 0.05) is 0 Å². The second kappa shape index (κ2) is 4.27. The molecule has 0 bridgehead atoms. The highest BCUT2D eigenvalue weighted by molar-refractivity contribution is 6.24. The molecule has 2 aliphatic rings. The van der Waals surface area contributed by atoms with Crippen LogP contribution in [-0.4, -0.2) is 17.2 Å². The summed E-state index contributed by atoms with van der Waals surface area (Å²) in [4.78, 5) is 12.8. The van der Waals surface area contributed by atoms with Crippen LogP contribution in [0.2, 0.25) is 0 Å². The first-order chi connectivity index (χ1) is 10.2. The van der Waals surface area contributed by atoms with Crippen molar-refractivity contribution in [3.8, 4) is 0 Å². The minimum atomic E-state index is -0.906. The quantitative estimate of drug-likeness (QED) is 0.793. The van der Waals surface area contributed by atoms with Crippen molar-refractivity contribution in [2.45, 2.75) is 18.6 Å². The maximum atomic E-state index is 12.8. The van der Waals surface area contributed by atoms with Crippen molar-refractivity contribution in [3.63, 3.8) is 0 Å². The van der Waals surface area contributed by atoms with Gasteiger partial charge in [0.15, 0.2) is 0 Å². The zero-order chi connectivity index (χ0) is 14.4. The van der Waals surface area contributed by atoms with E-state index in [9.17, 15) is 4.79 Å². The lowest BCUT2D eigenvalue weighted by molar-refractivity contribution is -0.120. The molecule has 0 aliphatic carbocycles. The number of nitrogens with zero attached hydrogens (tertiary/aromatic N) is 2. The van der Waals surface area contributed by atoms with Crippen molar-refractivity contribution in [1.82, 2.24) is 0 Å². The third kappa shape index (κ3) is 1.66. The van der Waals surface area contributed by atoms with Crippen LogP contribution in [-0.2, 0) is 9.53 Å². The predicted molar refractivity (Wildman–Crippen MR) is 80.0 cm³/mol. The lowest BCUT2D eigenvalue weighted by Crippen LogP contribution is -2.35. The summed E-state index contributed by atoms with van der Waals surface area (Å²) >= 11 is 0. The maximum Gasteiger partial charge on any atom is 0.288 e. The van der Waals surface area contributed by atoms with E-state index < -0.39 is 5.60 Å². The number of hydrogen-bond acceptors (Lipinski definition) is 3. The number of hydrogen-bond donors (Lipinski definition) is 0. The molecule has 104 valence electrons. The molecule has 0 aromatic heterocycles.